The number of rotatable bonds is 1. The summed E-state index contributed by atoms with van der Waals surface area (Å²) in [6.07, 6.45) is 2.59. The zero-order chi connectivity index (χ0) is 16.0. The fraction of sp³-hybridized carbons (Fsp3) is 0.533. The molecule has 0 bridgehead atoms. The van der Waals surface area contributed by atoms with E-state index in [0.29, 0.717) is 31.2 Å². The van der Waals surface area contributed by atoms with Crippen LogP contribution in [0.2, 0.25) is 0 Å². The van der Waals surface area contributed by atoms with Crippen LogP contribution >= 0.6 is 0 Å². The molecule has 0 spiro atoms. The van der Waals surface area contributed by atoms with Gasteiger partial charge in [-0.25, -0.2) is 14.6 Å². The van der Waals surface area contributed by atoms with E-state index in [2.05, 4.69) is 20.3 Å². The zero-order valence-electron chi connectivity index (χ0n) is 13.1. The van der Waals surface area contributed by atoms with Gasteiger partial charge in [-0.05, 0) is 26.3 Å². The largest absolute Gasteiger partial charge is 0.370 e. The molecule has 2 aliphatic rings. The van der Waals surface area contributed by atoms with E-state index in [1.807, 2.05) is 16.5 Å². The van der Waals surface area contributed by atoms with Crippen LogP contribution in [0, 0.1) is 13.8 Å². The summed E-state index contributed by atoms with van der Waals surface area (Å²) in [7, 11) is 0. The molecular weight excluding hydrogens is 296 g/mol. The van der Waals surface area contributed by atoms with Crippen molar-refractivity contribution in [2.24, 2.45) is 0 Å². The molecule has 8 heteroatoms. The maximum Gasteiger partial charge on any atom is 0.272 e. The van der Waals surface area contributed by atoms with Gasteiger partial charge >= 0.3 is 0 Å². The highest BCUT2D eigenvalue weighted by molar-refractivity contribution is 5.92. The Morgan fingerprint density at radius 3 is 3.04 bits per heavy atom. The second-order valence-corrected chi connectivity index (χ2v) is 6.07. The second-order valence-electron chi connectivity index (χ2n) is 6.07. The van der Waals surface area contributed by atoms with Crippen molar-refractivity contribution >= 4 is 5.91 Å². The minimum absolute atomic E-state index is 0.0166. The highest BCUT2D eigenvalue weighted by Crippen LogP contribution is 2.30. The van der Waals surface area contributed by atoms with Gasteiger partial charge in [-0.3, -0.25) is 4.79 Å². The first kappa shape index (κ1) is 14.3. The summed E-state index contributed by atoms with van der Waals surface area (Å²) in [5.41, 5.74) is 2.20. The van der Waals surface area contributed by atoms with Crippen LogP contribution in [0.25, 0.3) is 0 Å². The Morgan fingerprint density at radius 1 is 1.35 bits per heavy atom. The molecule has 0 aliphatic carbocycles. The predicted octanol–water partition coefficient (Wildman–Crippen LogP) is 0.671. The summed E-state index contributed by atoms with van der Waals surface area (Å²) in [6, 6.07) is 1.75. The van der Waals surface area contributed by atoms with E-state index in [1.165, 1.54) is 0 Å². The Balaban J connectivity index is 1.59. The molecule has 4 rings (SSSR count). The Morgan fingerprint density at radius 2 is 2.22 bits per heavy atom. The number of likely N-dealkylation sites (tertiary alicyclic amines) is 1. The molecule has 0 radical (unpaired) electrons. The third-order valence-electron chi connectivity index (χ3n) is 4.40. The average Bonchev–Trinajstić information content (AvgIpc) is 3.01. The maximum atomic E-state index is 12.8. The summed E-state index contributed by atoms with van der Waals surface area (Å²) < 4.78 is 7.77. The van der Waals surface area contributed by atoms with Crippen LogP contribution in [0.4, 0.5) is 0 Å². The Bertz CT molecular complexity index is 738. The number of carbonyl (C=O) groups excluding carboxylic acids is 1. The number of fused-ring (bicyclic) bond motifs is 3. The van der Waals surface area contributed by atoms with Crippen LogP contribution in [0.15, 0.2) is 12.3 Å². The van der Waals surface area contributed by atoms with Gasteiger partial charge in [0, 0.05) is 18.8 Å². The monoisotopic (exact) mass is 314 g/mol. The van der Waals surface area contributed by atoms with Gasteiger partial charge in [-0.15, -0.1) is 5.10 Å². The van der Waals surface area contributed by atoms with Gasteiger partial charge in [0.1, 0.15) is 11.5 Å². The number of nitrogens with zero attached hydrogens (tertiary/aromatic N) is 6. The van der Waals surface area contributed by atoms with Crippen LogP contribution in [0.1, 0.15) is 40.2 Å². The van der Waals surface area contributed by atoms with E-state index in [0.717, 1.165) is 17.8 Å². The number of amides is 1. The van der Waals surface area contributed by atoms with Crippen LogP contribution in [-0.2, 0) is 11.3 Å². The van der Waals surface area contributed by atoms with Gasteiger partial charge in [0.2, 0.25) is 0 Å². The maximum absolute atomic E-state index is 12.8. The molecule has 2 aromatic rings. The average molecular weight is 314 g/mol. The molecule has 2 aliphatic heterocycles. The summed E-state index contributed by atoms with van der Waals surface area (Å²) >= 11 is 0. The Labute approximate surface area is 133 Å². The molecule has 120 valence electrons. The standard InChI is InChI=1S/C15H18N6O2/c1-9-5-12(18-10(2)17-9)15(22)20-4-3-14-13(7-20)21-11(8-23-14)6-16-19-21/h5-6,13-14H,3-4,7-8H2,1-2H3. The first-order chi connectivity index (χ1) is 11.1. The van der Waals surface area contributed by atoms with Crippen molar-refractivity contribution in [3.8, 4) is 0 Å². The van der Waals surface area contributed by atoms with Crippen LogP contribution in [-0.4, -0.2) is 55.0 Å². The van der Waals surface area contributed by atoms with Crippen molar-refractivity contribution in [2.45, 2.75) is 39.0 Å². The van der Waals surface area contributed by atoms with Gasteiger partial charge in [0.25, 0.3) is 5.91 Å². The molecule has 23 heavy (non-hydrogen) atoms. The predicted molar refractivity (Wildman–Crippen MR) is 79.7 cm³/mol. The smallest absolute Gasteiger partial charge is 0.272 e. The fourth-order valence-electron chi connectivity index (χ4n) is 3.35. The number of ether oxygens (including phenoxy) is 1. The quantitative estimate of drug-likeness (QED) is 0.769. The number of piperidine rings is 1. The number of hydrogen-bond donors (Lipinski definition) is 0. The summed E-state index contributed by atoms with van der Waals surface area (Å²) in [5, 5.41) is 8.11. The van der Waals surface area contributed by atoms with Crippen LogP contribution in [0.5, 0.6) is 0 Å². The van der Waals surface area contributed by atoms with Crippen molar-refractivity contribution in [2.75, 3.05) is 13.1 Å². The van der Waals surface area contributed by atoms with Crippen molar-refractivity contribution in [1.82, 2.24) is 29.9 Å². The number of hydrogen-bond acceptors (Lipinski definition) is 6. The van der Waals surface area contributed by atoms with Crippen molar-refractivity contribution in [3.05, 3.63) is 35.2 Å². The number of aromatic nitrogens is 5. The first-order valence-electron chi connectivity index (χ1n) is 7.74. The van der Waals surface area contributed by atoms with Gasteiger partial charge in [0.05, 0.1) is 30.6 Å². The first-order valence-corrected chi connectivity index (χ1v) is 7.74. The third-order valence-corrected chi connectivity index (χ3v) is 4.40. The fourth-order valence-corrected chi connectivity index (χ4v) is 3.35. The SMILES string of the molecule is Cc1cc(C(=O)N2CCC3OCc4cnnn4C3C2)nc(C)n1. The zero-order valence-corrected chi connectivity index (χ0v) is 13.1. The lowest BCUT2D eigenvalue weighted by molar-refractivity contribution is -0.0605. The minimum Gasteiger partial charge on any atom is -0.370 e. The van der Waals surface area contributed by atoms with Gasteiger partial charge in [-0.2, -0.15) is 0 Å². The molecule has 2 aromatic heterocycles. The van der Waals surface area contributed by atoms with E-state index in [4.69, 9.17) is 4.74 Å². The van der Waals surface area contributed by atoms with Crippen LogP contribution < -0.4 is 0 Å². The normalized spacial score (nSPS) is 23.3. The van der Waals surface area contributed by atoms with Crippen LogP contribution in [0.3, 0.4) is 0 Å². The second kappa shape index (κ2) is 5.38. The van der Waals surface area contributed by atoms with E-state index < -0.39 is 0 Å². The molecular formula is C15H18N6O2. The molecule has 0 saturated carbocycles. The molecule has 1 saturated heterocycles. The van der Waals surface area contributed by atoms with Gasteiger partial charge in [0.15, 0.2) is 0 Å². The molecule has 2 unspecified atom stereocenters. The molecule has 1 amide bonds. The molecule has 1 fully saturated rings. The third kappa shape index (κ3) is 2.48. The lowest BCUT2D eigenvalue weighted by Crippen LogP contribution is -2.50. The van der Waals surface area contributed by atoms with E-state index in [-0.39, 0.29) is 18.1 Å². The molecule has 4 heterocycles. The highest BCUT2D eigenvalue weighted by Gasteiger charge is 2.38. The number of carbonyl (C=O) groups is 1. The number of aryl methyl sites for hydroxylation is 2. The topological polar surface area (TPSA) is 86.0 Å². The van der Waals surface area contributed by atoms with Gasteiger partial charge in [-0.1, -0.05) is 5.21 Å². The van der Waals surface area contributed by atoms with Crippen molar-refractivity contribution in [1.29, 1.82) is 0 Å². The van der Waals surface area contributed by atoms with Gasteiger partial charge < -0.3 is 9.64 Å². The Hall–Kier alpha value is -2.35. The summed E-state index contributed by atoms with van der Waals surface area (Å²) in [5.74, 6) is 0.548. The van der Waals surface area contributed by atoms with E-state index >= 15 is 0 Å². The van der Waals surface area contributed by atoms with Crippen molar-refractivity contribution in [3.63, 3.8) is 0 Å². The molecule has 0 N–H and O–H groups in total. The highest BCUT2D eigenvalue weighted by atomic mass is 16.5. The summed E-state index contributed by atoms with van der Waals surface area (Å²) in [4.78, 5) is 23.1. The van der Waals surface area contributed by atoms with Crippen molar-refractivity contribution < 1.29 is 9.53 Å². The Kier molecular flexibility index (Phi) is 3.33. The molecule has 8 nitrogen and oxygen atoms in total. The van der Waals surface area contributed by atoms with E-state index in [1.54, 1.807) is 19.2 Å². The van der Waals surface area contributed by atoms with E-state index in [9.17, 15) is 4.79 Å². The summed E-state index contributed by atoms with van der Waals surface area (Å²) in [6.45, 7) is 5.42. The minimum atomic E-state index is -0.0655. The lowest BCUT2D eigenvalue weighted by Gasteiger charge is -2.40. The lowest BCUT2D eigenvalue weighted by atomic mass is 10.00. The molecule has 2 atom stereocenters. The molecule has 0 aromatic carbocycles.